The number of hydrogen-bond donors (Lipinski definition) is 4. The van der Waals surface area contributed by atoms with E-state index < -0.39 is 66.7 Å². The second-order valence-corrected chi connectivity index (χ2v) is 10.6. The average molecular weight is 650 g/mol. The lowest BCUT2D eigenvalue weighted by Gasteiger charge is -2.46. The summed E-state index contributed by atoms with van der Waals surface area (Å²) < 4.78 is 19.7. The highest BCUT2D eigenvalue weighted by Gasteiger charge is 2.62. The van der Waals surface area contributed by atoms with Crippen LogP contribution in [0.1, 0.15) is 22.8 Å². The van der Waals surface area contributed by atoms with Gasteiger partial charge in [-0.25, -0.2) is 19.2 Å². The smallest absolute Gasteiger partial charge is 0.456 e. The van der Waals surface area contributed by atoms with Crippen LogP contribution in [0.2, 0.25) is 10.0 Å². The van der Waals surface area contributed by atoms with Gasteiger partial charge in [-0.15, -0.1) is 0 Å². The molecule has 0 heterocycles. The summed E-state index contributed by atoms with van der Waals surface area (Å²) in [7, 11) is 0. The van der Waals surface area contributed by atoms with Crippen LogP contribution < -0.4 is 5.32 Å². The predicted molar refractivity (Wildman–Crippen MR) is 153 cm³/mol. The third-order valence-corrected chi connectivity index (χ3v) is 7.70. The van der Waals surface area contributed by atoms with Crippen molar-refractivity contribution in [2.45, 2.75) is 43.8 Å². The maximum absolute atomic E-state index is 13.4. The fraction of sp³-hybridized carbons (Fsp3) is 0.276. The number of carboxylic acid groups (broad SMARTS) is 3. The third kappa shape index (κ3) is 7.60. The largest absolute Gasteiger partial charge is 0.506 e. The molecule has 3 aromatic carbocycles. The predicted octanol–water partition coefficient (Wildman–Crippen LogP) is 5.24. The van der Waals surface area contributed by atoms with Crippen LogP contribution in [-0.2, 0) is 30.2 Å². The topological polar surface area (TPSA) is 195 Å². The number of halogens is 2. The first-order chi connectivity index (χ1) is 20.8. The molecule has 1 saturated carbocycles. The molecule has 0 saturated heterocycles. The highest BCUT2D eigenvalue weighted by Crippen LogP contribution is 2.37. The van der Waals surface area contributed by atoms with Gasteiger partial charge in [-0.05, 0) is 47.5 Å². The van der Waals surface area contributed by atoms with Crippen LogP contribution >= 0.6 is 23.2 Å². The van der Waals surface area contributed by atoms with Crippen molar-refractivity contribution in [2.24, 2.45) is 5.92 Å². The van der Waals surface area contributed by atoms with Crippen molar-refractivity contribution >= 4 is 64.3 Å². The zero-order chi connectivity index (χ0) is 32.1. The molecule has 3 aromatic rings. The molecule has 44 heavy (non-hydrogen) atoms. The Morgan fingerprint density at radius 2 is 1.36 bits per heavy atom. The molecule has 0 bridgehead atoms. The lowest BCUT2D eigenvalue weighted by molar-refractivity contribution is -0.207. The number of amides is 1. The number of hydrogen-bond acceptors (Lipinski definition) is 9. The quantitative estimate of drug-likeness (QED) is 0.165. The summed E-state index contributed by atoms with van der Waals surface area (Å²) in [4.78, 5) is 60.3. The number of benzene rings is 3. The van der Waals surface area contributed by atoms with Crippen molar-refractivity contribution in [3.63, 3.8) is 0 Å². The van der Waals surface area contributed by atoms with Gasteiger partial charge in [0, 0.05) is 6.42 Å². The van der Waals surface area contributed by atoms with E-state index in [0.717, 1.165) is 10.8 Å². The Kier molecular flexibility index (Phi) is 10.0. The molecule has 6 atom stereocenters. The Morgan fingerprint density at radius 1 is 0.773 bits per heavy atom. The standard InChI is InChI=1S/C29H25Cl2NO12/c1-13(32-25(33)21-22(42-27(35)36)24(44-29(39)40)23(21)43-28(37)38)20(11-14-6-9-18(30)19(31)10-14)41-26(34)17-8-7-15-4-2-3-5-16(15)12-17/h2-10,12-13,20-24H,11H2,1H3,(H,32,33)(H,35,36)(H,37,38)(H,39,40)/t13-,20+,21?,22-,23+,24?/m0/s1. The molecule has 0 aliphatic heterocycles. The molecule has 1 fully saturated rings. The summed E-state index contributed by atoms with van der Waals surface area (Å²) in [6.07, 6.45) is -11.8. The Bertz CT molecular complexity index is 1570. The highest BCUT2D eigenvalue weighted by atomic mass is 35.5. The molecule has 13 nitrogen and oxygen atoms in total. The molecule has 0 spiro atoms. The zero-order valence-electron chi connectivity index (χ0n) is 22.7. The SMILES string of the molecule is C[C@H](NC(=O)C1[C@H](OC(=O)O)C(OC(=O)O)[C@@H]1OC(=O)O)[C@@H](Cc1ccc(Cl)c(Cl)c1)OC(=O)c1ccc2ccccc2c1. The molecular formula is C29H25Cl2NO12. The maximum atomic E-state index is 13.4. The summed E-state index contributed by atoms with van der Waals surface area (Å²) in [5.41, 5.74) is 0.827. The third-order valence-electron chi connectivity index (χ3n) is 6.96. The second kappa shape index (κ2) is 13.7. The molecule has 0 aromatic heterocycles. The Hall–Kier alpha value is -4.75. The van der Waals surface area contributed by atoms with E-state index in [0.29, 0.717) is 10.6 Å². The normalized spacial score (nSPS) is 20.3. The lowest BCUT2D eigenvalue weighted by Crippen LogP contribution is -2.69. The Balaban J connectivity index is 1.59. The van der Waals surface area contributed by atoms with Gasteiger partial charge in [0.25, 0.3) is 0 Å². The van der Waals surface area contributed by atoms with Gasteiger partial charge in [0.2, 0.25) is 5.91 Å². The molecule has 1 aliphatic carbocycles. The highest BCUT2D eigenvalue weighted by molar-refractivity contribution is 6.42. The summed E-state index contributed by atoms with van der Waals surface area (Å²) in [6.45, 7) is 1.50. The average Bonchev–Trinajstić information content (AvgIpc) is 2.96. The summed E-state index contributed by atoms with van der Waals surface area (Å²) in [6, 6.07) is 16.1. The molecule has 1 aliphatic rings. The van der Waals surface area contributed by atoms with E-state index in [4.69, 9.17) is 43.3 Å². The van der Waals surface area contributed by atoms with Gasteiger partial charge in [0.15, 0.2) is 18.3 Å². The van der Waals surface area contributed by atoms with Crippen molar-refractivity contribution in [2.75, 3.05) is 0 Å². The molecule has 0 radical (unpaired) electrons. The maximum Gasteiger partial charge on any atom is 0.506 e. The van der Waals surface area contributed by atoms with Gasteiger partial charge in [0.1, 0.15) is 12.0 Å². The number of carbonyl (C=O) groups excluding carboxylic acids is 2. The van der Waals surface area contributed by atoms with Crippen LogP contribution in [0.15, 0.2) is 60.7 Å². The Morgan fingerprint density at radius 3 is 1.95 bits per heavy atom. The molecule has 2 unspecified atom stereocenters. The van der Waals surface area contributed by atoms with Gasteiger partial charge in [0.05, 0.1) is 21.7 Å². The van der Waals surface area contributed by atoms with E-state index in [1.54, 1.807) is 36.4 Å². The first-order valence-corrected chi connectivity index (χ1v) is 13.7. The van der Waals surface area contributed by atoms with Crippen LogP contribution in [0.5, 0.6) is 0 Å². The van der Waals surface area contributed by atoms with Gasteiger partial charge >= 0.3 is 24.4 Å². The molecule has 4 rings (SSSR count). The fourth-order valence-electron chi connectivity index (χ4n) is 4.85. The van der Waals surface area contributed by atoms with Gasteiger partial charge in [-0.2, -0.15) is 0 Å². The molecule has 1 amide bonds. The van der Waals surface area contributed by atoms with E-state index in [1.807, 2.05) is 24.3 Å². The van der Waals surface area contributed by atoms with Crippen LogP contribution in [0.25, 0.3) is 10.8 Å². The number of carbonyl (C=O) groups is 5. The Labute approximate surface area is 259 Å². The molecule has 4 N–H and O–H groups in total. The van der Waals surface area contributed by atoms with E-state index in [1.165, 1.54) is 6.92 Å². The van der Waals surface area contributed by atoms with Crippen LogP contribution in [-0.4, -0.2) is 76.1 Å². The van der Waals surface area contributed by atoms with Crippen molar-refractivity contribution in [1.29, 1.82) is 0 Å². The fourth-order valence-corrected chi connectivity index (χ4v) is 5.18. The lowest BCUT2D eigenvalue weighted by atomic mass is 9.74. The summed E-state index contributed by atoms with van der Waals surface area (Å²) in [5.74, 6) is -3.31. The van der Waals surface area contributed by atoms with Gasteiger partial charge in [-0.1, -0.05) is 59.6 Å². The first-order valence-electron chi connectivity index (χ1n) is 13.0. The minimum absolute atomic E-state index is 0.0389. The van der Waals surface area contributed by atoms with E-state index in [2.05, 4.69) is 19.5 Å². The molecule has 15 heteroatoms. The van der Waals surface area contributed by atoms with Crippen LogP contribution in [0, 0.1) is 5.92 Å². The minimum atomic E-state index is -1.87. The zero-order valence-corrected chi connectivity index (χ0v) is 24.2. The van der Waals surface area contributed by atoms with E-state index in [9.17, 15) is 24.0 Å². The van der Waals surface area contributed by atoms with Crippen molar-refractivity contribution in [3.05, 3.63) is 81.8 Å². The van der Waals surface area contributed by atoms with Crippen LogP contribution in [0.4, 0.5) is 14.4 Å². The number of esters is 1. The number of ether oxygens (including phenoxy) is 4. The first kappa shape index (κ1) is 32.2. The van der Waals surface area contributed by atoms with E-state index >= 15 is 0 Å². The number of nitrogens with one attached hydrogen (secondary N) is 1. The molecular weight excluding hydrogens is 625 g/mol. The summed E-state index contributed by atoms with van der Waals surface area (Å²) >= 11 is 12.2. The van der Waals surface area contributed by atoms with Crippen LogP contribution in [0.3, 0.4) is 0 Å². The second-order valence-electron chi connectivity index (χ2n) is 9.83. The summed E-state index contributed by atoms with van der Waals surface area (Å²) in [5, 5.41) is 32.1. The van der Waals surface area contributed by atoms with Gasteiger partial charge in [-0.3, -0.25) is 4.79 Å². The number of fused-ring (bicyclic) bond motifs is 1. The van der Waals surface area contributed by atoms with Crippen molar-refractivity contribution in [3.8, 4) is 0 Å². The van der Waals surface area contributed by atoms with Crippen molar-refractivity contribution in [1.82, 2.24) is 5.32 Å². The monoisotopic (exact) mass is 649 g/mol. The number of rotatable bonds is 10. The minimum Gasteiger partial charge on any atom is -0.456 e. The molecule has 232 valence electrons. The van der Waals surface area contributed by atoms with Gasteiger partial charge < -0.3 is 39.6 Å². The van der Waals surface area contributed by atoms with Crippen molar-refractivity contribution < 1.29 is 58.2 Å². The van der Waals surface area contributed by atoms with E-state index in [-0.39, 0.29) is 17.0 Å².